The van der Waals surface area contributed by atoms with Gasteiger partial charge in [0.05, 0.1) is 11.7 Å². The van der Waals surface area contributed by atoms with Crippen LogP contribution in [-0.2, 0) is 16.0 Å². The second-order valence-electron chi connectivity index (χ2n) is 7.06. The molecule has 0 aliphatic rings. The van der Waals surface area contributed by atoms with Crippen LogP contribution in [-0.4, -0.2) is 30.4 Å². The Morgan fingerprint density at radius 1 is 0.875 bits per heavy atom. The van der Waals surface area contributed by atoms with Crippen LogP contribution in [0.1, 0.15) is 31.8 Å². The number of benzene rings is 3. The first-order chi connectivity index (χ1) is 15.6. The lowest BCUT2D eigenvalue weighted by molar-refractivity contribution is -0.112. The third kappa shape index (κ3) is 6.34. The minimum atomic E-state index is -0.706. The molecule has 2 amide bonds. The van der Waals surface area contributed by atoms with Crippen LogP contribution in [0, 0.1) is 0 Å². The lowest BCUT2D eigenvalue weighted by Crippen LogP contribution is -2.37. The number of aldehydes is 2. The molecule has 0 aliphatic carbocycles. The Morgan fingerprint density at radius 2 is 1.56 bits per heavy atom. The molecule has 6 heteroatoms. The van der Waals surface area contributed by atoms with E-state index in [9.17, 15) is 19.2 Å². The van der Waals surface area contributed by atoms with Crippen molar-refractivity contribution in [2.75, 3.05) is 5.32 Å². The molecule has 3 aromatic carbocycles. The van der Waals surface area contributed by atoms with Crippen molar-refractivity contribution in [1.82, 2.24) is 5.32 Å². The van der Waals surface area contributed by atoms with Crippen molar-refractivity contribution in [2.45, 2.75) is 12.5 Å². The molecule has 3 rings (SSSR count). The molecule has 2 N–H and O–H groups in total. The second-order valence-corrected chi connectivity index (χ2v) is 7.06. The van der Waals surface area contributed by atoms with Crippen molar-refractivity contribution in [3.8, 4) is 0 Å². The summed E-state index contributed by atoms with van der Waals surface area (Å²) in [6.45, 7) is 0. The Bertz CT molecular complexity index is 1130. The highest BCUT2D eigenvalue weighted by Gasteiger charge is 2.16. The van der Waals surface area contributed by atoms with E-state index in [1.807, 2.05) is 60.7 Å². The van der Waals surface area contributed by atoms with Gasteiger partial charge in [-0.15, -0.1) is 0 Å². The van der Waals surface area contributed by atoms with Crippen LogP contribution in [0.25, 0.3) is 6.08 Å². The third-order valence-corrected chi connectivity index (χ3v) is 4.71. The maximum atomic E-state index is 12.7. The highest BCUT2D eigenvalue weighted by Crippen LogP contribution is 2.17. The molecule has 32 heavy (non-hydrogen) atoms. The molecule has 0 aliphatic heterocycles. The van der Waals surface area contributed by atoms with Gasteiger partial charge < -0.3 is 15.4 Å². The van der Waals surface area contributed by atoms with Gasteiger partial charge in [0.1, 0.15) is 6.29 Å². The number of anilines is 1. The summed E-state index contributed by atoms with van der Waals surface area (Å²) in [5.74, 6) is -0.921. The van der Waals surface area contributed by atoms with Crippen LogP contribution in [0.3, 0.4) is 0 Å². The molecule has 6 nitrogen and oxygen atoms in total. The van der Waals surface area contributed by atoms with E-state index in [-0.39, 0.29) is 16.8 Å². The molecular formula is C26H22N2O4. The van der Waals surface area contributed by atoms with Gasteiger partial charge in [0.25, 0.3) is 5.91 Å². The number of rotatable bonds is 9. The van der Waals surface area contributed by atoms with E-state index in [4.69, 9.17) is 0 Å². The summed E-state index contributed by atoms with van der Waals surface area (Å²) in [5.41, 5.74) is 2.43. The summed E-state index contributed by atoms with van der Waals surface area (Å²) in [7, 11) is 0. The zero-order valence-electron chi connectivity index (χ0n) is 17.2. The summed E-state index contributed by atoms with van der Waals surface area (Å²) in [4.78, 5) is 47.8. The van der Waals surface area contributed by atoms with Crippen molar-refractivity contribution in [3.05, 3.63) is 107 Å². The largest absolute Gasteiger partial charge is 0.342 e. The zero-order valence-corrected chi connectivity index (χ0v) is 17.2. The average molecular weight is 426 g/mol. The highest BCUT2D eigenvalue weighted by molar-refractivity contribution is 6.06. The number of hydrogen-bond donors (Lipinski definition) is 2. The molecule has 1 unspecified atom stereocenters. The van der Waals surface area contributed by atoms with E-state index < -0.39 is 17.9 Å². The fourth-order valence-corrected chi connectivity index (χ4v) is 3.07. The van der Waals surface area contributed by atoms with E-state index in [1.54, 1.807) is 6.08 Å². The van der Waals surface area contributed by atoms with Crippen molar-refractivity contribution in [3.63, 3.8) is 0 Å². The van der Waals surface area contributed by atoms with E-state index in [0.717, 1.165) is 11.1 Å². The molecule has 1 atom stereocenters. The van der Waals surface area contributed by atoms with Crippen LogP contribution >= 0.6 is 0 Å². The average Bonchev–Trinajstić information content (AvgIpc) is 2.83. The maximum absolute atomic E-state index is 12.7. The van der Waals surface area contributed by atoms with Crippen molar-refractivity contribution in [2.24, 2.45) is 0 Å². The van der Waals surface area contributed by atoms with E-state index in [0.29, 0.717) is 19.0 Å². The van der Waals surface area contributed by atoms with E-state index in [1.165, 1.54) is 24.3 Å². The number of nitrogens with one attached hydrogen (secondary N) is 2. The quantitative estimate of drug-likeness (QED) is 0.403. The predicted octanol–water partition coefficient (Wildman–Crippen LogP) is 3.69. The normalized spacial score (nSPS) is 11.5. The molecule has 0 fully saturated rings. The third-order valence-electron chi connectivity index (χ3n) is 4.71. The Kier molecular flexibility index (Phi) is 7.81. The molecule has 0 aromatic heterocycles. The van der Waals surface area contributed by atoms with Gasteiger partial charge in [-0.05, 0) is 41.8 Å². The van der Waals surface area contributed by atoms with Crippen LogP contribution < -0.4 is 10.6 Å². The van der Waals surface area contributed by atoms with Crippen molar-refractivity contribution in [1.29, 1.82) is 0 Å². The summed E-state index contributed by atoms with van der Waals surface area (Å²) in [5, 5.41) is 5.30. The van der Waals surface area contributed by atoms with Gasteiger partial charge in [-0.3, -0.25) is 14.4 Å². The fraction of sp³-hybridized carbons (Fsp3) is 0.0769. The van der Waals surface area contributed by atoms with Gasteiger partial charge in [0.2, 0.25) is 5.91 Å². The zero-order chi connectivity index (χ0) is 22.8. The first kappa shape index (κ1) is 22.4. The van der Waals surface area contributed by atoms with Gasteiger partial charge in [-0.1, -0.05) is 60.7 Å². The van der Waals surface area contributed by atoms with Gasteiger partial charge in [0.15, 0.2) is 6.29 Å². The van der Waals surface area contributed by atoms with Crippen LogP contribution in [0.4, 0.5) is 5.69 Å². The molecule has 0 radical (unpaired) electrons. The van der Waals surface area contributed by atoms with Gasteiger partial charge in [-0.2, -0.15) is 0 Å². The highest BCUT2D eigenvalue weighted by atomic mass is 16.2. The summed E-state index contributed by atoms with van der Waals surface area (Å²) >= 11 is 0. The van der Waals surface area contributed by atoms with Crippen molar-refractivity contribution >= 4 is 36.2 Å². The van der Waals surface area contributed by atoms with E-state index in [2.05, 4.69) is 10.6 Å². The summed E-state index contributed by atoms with van der Waals surface area (Å²) < 4.78 is 0. The molecular weight excluding hydrogens is 404 g/mol. The second kappa shape index (κ2) is 11.2. The van der Waals surface area contributed by atoms with Crippen molar-refractivity contribution < 1.29 is 19.2 Å². The van der Waals surface area contributed by atoms with Crippen LogP contribution in [0.15, 0.2) is 84.9 Å². The lowest BCUT2D eigenvalue weighted by Gasteiger charge is -2.14. The number of hydrogen-bond acceptors (Lipinski definition) is 4. The molecule has 3 aromatic rings. The Balaban J connectivity index is 1.71. The standard InChI is InChI=1S/C26H22N2O4/c29-17-22-13-12-21(26(32)27-23(18-30)15-20-9-5-2-6-10-20)16-24(22)28-25(31)14-11-19-7-3-1-4-8-19/h1-14,16-18,23H,15H2,(H,27,32)(H,28,31)/b14-11+. The SMILES string of the molecule is O=Cc1ccc(C(=O)NC(C=O)Cc2ccccc2)cc1NC(=O)/C=C/c1ccccc1. The van der Waals surface area contributed by atoms with Gasteiger partial charge in [-0.25, -0.2) is 0 Å². The van der Waals surface area contributed by atoms with Gasteiger partial charge in [0, 0.05) is 17.2 Å². The summed E-state index contributed by atoms with van der Waals surface area (Å²) in [6, 6.07) is 22.3. The molecule has 0 saturated heterocycles. The summed E-state index contributed by atoms with van der Waals surface area (Å²) in [6.07, 6.45) is 4.63. The molecule has 160 valence electrons. The molecule has 0 spiro atoms. The van der Waals surface area contributed by atoms with E-state index >= 15 is 0 Å². The molecule has 0 saturated carbocycles. The lowest BCUT2D eigenvalue weighted by atomic mass is 10.1. The minimum Gasteiger partial charge on any atom is -0.342 e. The van der Waals surface area contributed by atoms with Gasteiger partial charge >= 0.3 is 0 Å². The number of carbonyl (C=O) groups is 4. The maximum Gasteiger partial charge on any atom is 0.251 e. The smallest absolute Gasteiger partial charge is 0.251 e. The number of carbonyl (C=O) groups excluding carboxylic acids is 4. The van der Waals surface area contributed by atoms with Crippen LogP contribution in [0.2, 0.25) is 0 Å². The molecule has 0 bridgehead atoms. The fourth-order valence-electron chi connectivity index (χ4n) is 3.07. The Morgan fingerprint density at radius 3 is 2.22 bits per heavy atom. The Labute approximate surface area is 186 Å². The minimum absolute atomic E-state index is 0.209. The first-order valence-electron chi connectivity index (χ1n) is 10.0. The number of amides is 2. The monoisotopic (exact) mass is 426 g/mol. The topological polar surface area (TPSA) is 92.3 Å². The first-order valence-corrected chi connectivity index (χ1v) is 10.0. The Hall–Kier alpha value is -4.32. The molecule has 0 heterocycles. The predicted molar refractivity (Wildman–Crippen MR) is 123 cm³/mol. The van der Waals surface area contributed by atoms with Crippen LogP contribution in [0.5, 0.6) is 0 Å².